The Bertz CT molecular complexity index is 3170. The molecule has 0 bridgehead atoms. The fourth-order valence-corrected chi connectivity index (χ4v) is 6.36. The van der Waals surface area contributed by atoms with E-state index in [0.717, 1.165) is 47.8 Å². The van der Waals surface area contributed by atoms with Crippen molar-refractivity contribution in [3.8, 4) is 24.2 Å². The molecule has 4 aromatic carbocycles. The Labute approximate surface area is 366 Å². The van der Waals surface area contributed by atoms with Crippen LogP contribution in [0.25, 0.3) is 22.1 Å². The number of aromatic nitrogens is 4. The largest absolute Gasteiger partial charge is 0.322 e. The number of anilines is 2. The molecular formula is C50H39IN6O4. The van der Waals surface area contributed by atoms with E-state index < -0.39 is 0 Å². The fraction of sp³-hybridized carbons (Fsp3) is 0.0800. The van der Waals surface area contributed by atoms with Gasteiger partial charge < -0.3 is 20.6 Å². The van der Waals surface area contributed by atoms with Crippen molar-refractivity contribution in [3.63, 3.8) is 0 Å². The van der Waals surface area contributed by atoms with E-state index in [1.807, 2.05) is 113 Å². The summed E-state index contributed by atoms with van der Waals surface area (Å²) in [6, 6.07) is 36.6. The van der Waals surface area contributed by atoms with Gasteiger partial charge in [-0.1, -0.05) is 65.3 Å². The van der Waals surface area contributed by atoms with E-state index in [9.17, 15) is 19.2 Å². The molecule has 0 unspecified atom stereocenters. The van der Waals surface area contributed by atoms with Crippen LogP contribution in [0.4, 0.5) is 11.4 Å². The maximum absolute atomic E-state index is 12.5. The highest BCUT2D eigenvalue weighted by molar-refractivity contribution is 14.1. The second kappa shape index (κ2) is 19.9. The average Bonchev–Trinajstić information content (AvgIpc) is 3.25. The molecule has 8 aromatic rings. The van der Waals surface area contributed by atoms with Gasteiger partial charge in [-0.2, -0.15) is 0 Å². The summed E-state index contributed by atoms with van der Waals surface area (Å²) in [4.78, 5) is 60.4. The molecule has 8 rings (SSSR count). The number of amides is 2. The number of nitrogens with one attached hydrogen (secondary N) is 4. The number of hydrogen-bond acceptors (Lipinski definition) is 6. The highest BCUT2D eigenvalue weighted by Gasteiger charge is 2.09. The van der Waals surface area contributed by atoms with Gasteiger partial charge in [0.1, 0.15) is 11.3 Å². The Balaban J connectivity index is 0.000000170. The quantitative estimate of drug-likeness (QED) is 0.102. The van der Waals surface area contributed by atoms with Gasteiger partial charge >= 0.3 is 0 Å². The van der Waals surface area contributed by atoms with Crippen LogP contribution in [0.1, 0.15) is 59.7 Å². The van der Waals surface area contributed by atoms with Gasteiger partial charge in [0.2, 0.25) is 11.1 Å². The molecule has 10 nitrogen and oxygen atoms in total. The number of carbonyl (C=O) groups is 2. The Kier molecular flexibility index (Phi) is 14.0. The molecule has 0 atom stereocenters. The van der Waals surface area contributed by atoms with Gasteiger partial charge in [0.05, 0.1) is 0 Å². The second-order valence-corrected chi connectivity index (χ2v) is 15.2. The van der Waals surface area contributed by atoms with Crippen LogP contribution >= 0.6 is 22.6 Å². The second-order valence-electron chi connectivity index (χ2n) is 14.0. The molecule has 0 spiro atoms. The number of pyridine rings is 4. The third kappa shape index (κ3) is 12.0. The highest BCUT2D eigenvalue weighted by atomic mass is 127. The van der Waals surface area contributed by atoms with E-state index in [2.05, 4.69) is 70.9 Å². The fourth-order valence-electron chi connectivity index (χ4n) is 5.85. The number of hydrogen-bond donors (Lipinski definition) is 4. The molecule has 0 radical (unpaired) electrons. The monoisotopic (exact) mass is 914 g/mol. The van der Waals surface area contributed by atoms with Crippen LogP contribution in [0.2, 0.25) is 0 Å². The molecule has 0 aliphatic rings. The van der Waals surface area contributed by atoms with Crippen molar-refractivity contribution in [1.82, 2.24) is 19.9 Å². The first-order valence-electron chi connectivity index (χ1n) is 18.9. The lowest BCUT2D eigenvalue weighted by atomic mass is 10.1. The average molecular weight is 915 g/mol. The number of fused-ring (bicyclic) bond motifs is 2. The van der Waals surface area contributed by atoms with Crippen molar-refractivity contribution in [3.05, 3.63) is 208 Å². The number of rotatable bonds is 4. The van der Waals surface area contributed by atoms with Crippen LogP contribution in [0.5, 0.6) is 0 Å². The van der Waals surface area contributed by atoms with E-state index in [-0.39, 0.29) is 22.9 Å². The van der Waals surface area contributed by atoms with Gasteiger partial charge in [-0.15, -0.1) is 6.42 Å². The third-order valence-electron chi connectivity index (χ3n) is 9.14. The summed E-state index contributed by atoms with van der Waals surface area (Å²) in [7, 11) is 0. The molecule has 4 heterocycles. The zero-order valence-corrected chi connectivity index (χ0v) is 35.8. The first-order chi connectivity index (χ1) is 29.3. The first-order valence-corrected chi connectivity index (χ1v) is 20.0. The molecule has 0 saturated heterocycles. The summed E-state index contributed by atoms with van der Waals surface area (Å²) in [5.74, 6) is 8.52. The van der Waals surface area contributed by atoms with Crippen LogP contribution in [0.15, 0.2) is 143 Å². The maximum atomic E-state index is 12.5. The van der Waals surface area contributed by atoms with Crippen LogP contribution in [0, 0.1) is 55.4 Å². The van der Waals surface area contributed by atoms with Crippen molar-refractivity contribution >= 4 is 67.8 Å². The lowest BCUT2D eigenvalue weighted by Gasteiger charge is -2.08. The lowest BCUT2D eigenvalue weighted by Crippen LogP contribution is -2.12. The SMILES string of the molecule is C#Cc1cnc2[nH]c(=O)ccc2c1.Cc1cccc(C(=O)Nc2ccc(C)c(C#Cc3cnc4[nH]c(=O)ccc4c3)c2)c1.Cc1cccc(C(=O)Nc2ccc(C)c(I)c2)c1. The molecule has 4 N–H and O–H groups in total. The molecular weight excluding hydrogens is 875 g/mol. The minimum atomic E-state index is -0.186. The van der Waals surface area contributed by atoms with Crippen LogP contribution < -0.4 is 21.8 Å². The first kappa shape index (κ1) is 43.0. The van der Waals surface area contributed by atoms with E-state index in [1.165, 1.54) is 17.7 Å². The number of aromatic amines is 2. The number of benzene rings is 4. The zero-order chi connectivity index (χ0) is 43.5. The number of H-pyrrole nitrogens is 2. The van der Waals surface area contributed by atoms with Gasteiger partial charge in [0.25, 0.3) is 11.8 Å². The molecule has 0 saturated carbocycles. The normalized spacial score (nSPS) is 10.2. The maximum Gasteiger partial charge on any atom is 0.255 e. The molecule has 0 aliphatic carbocycles. The van der Waals surface area contributed by atoms with E-state index in [1.54, 1.807) is 36.7 Å². The Morgan fingerprint density at radius 2 is 1.10 bits per heavy atom. The molecule has 0 fully saturated rings. The Morgan fingerprint density at radius 1 is 0.590 bits per heavy atom. The summed E-state index contributed by atoms with van der Waals surface area (Å²) in [5, 5.41) is 7.50. The van der Waals surface area contributed by atoms with Gasteiger partial charge in [0.15, 0.2) is 0 Å². The van der Waals surface area contributed by atoms with E-state index in [0.29, 0.717) is 33.7 Å². The van der Waals surface area contributed by atoms with Crippen molar-refractivity contribution in [2.75, 3.05) is 10.6 Å². The number of carbonyl (C=O) groups excluding carboxylic acids is 2. The molecule has 300 valence electrons. The van der Waals surface area contributed by atoms with E-state index >= 15 is 0 Å². The van der Waals surface area contributed by atoms with Crippen molar-refractivity contribution in [2.45, 2.75) is 27.7 Å². The summed E-state index contributed by atoms with van der Waals surface area (Å²) < 4.78 is 1.15. The van der Waals surface area contributed by atoms with E-state index in [4.69, 9.17) is 6.42 Å². The van der Waals surface area contributed by atoms with Gasteiger partial charge in [0, 0.05) is 78.1 Å². The number of terminal acetylenes is 1. The van der Waals surface area contributed by atoms with Gasteiger partial charge in [-0.25, -0.2) is 9.97 Å². The Morgan fingerprint density at radius 3 is 1.62 bits per heavy atom. The highest BCUT2D eigenvalue weighted by Crippen LogP contribution is 2.19. The third-order valence-corrected chi connectivity index (χ3v) is 10.3. The predicted octanol–water partition coefficient (Wildman–Crippen LogP) is 9.26. The minimum absolute atomic E-state index is 0.0710. The smallest absolute Gasteiger partial charge is 0.255 e. The standard InChI is InChI=1S/C25H19N3O2.C15H14INO.C10H6N2O/c1-16-4-3-5-21(12-16)25(30)27-22-10-6-17(2)19(14-22)8-7-18-13-20-9-11-23(29)28-24(20)26-15-18;1-10-4-3-5-12(8-10)15(18)17-13-7-6-11(2)14(16)9-13;1-2-7-5-8-3-4-9(13)12-10(8)11-6-7/h3-6,9-15H,1-2H3,(H,27,30)(H,26,28,29);3-9H,1-2H3,(H,17,18);1,3-6H,(H,11,12,13). The summed E-state index contributed by atoms with van der Waals surface area (Å²) >= 11 is 2.27. The van der Waals surface area contributed by atoms with Crippen LogP contribution in [-0.4, -0.2) is 31.8 Å². The predicted molar refractivity (Wildman–Crippen MR) is 252 cm³/mol. The molecule has 2 amide bonds. The van der Waals surface area contributed by atoms with Crippen molar-refractivity contribution in [1.29, 1.82) is 0 Å². The lowest BCUT2D eigenvalue weighted by molar-refractivity contribution is 0.101. The number of aryl methyl sites for hydroxylation is 4. The minimum Gasteiger partial charge on any atom is -0.322 e. The van der Waals surface area contributed by atoms with Crippen LogP contribution in [-0.2, 0) is 0 Å². The summed E-state index contributed by atoms with van der Waals surface area (Å²) in [6.45, 7) is 7.95. The molecule has 61 heavy (non-hydrogen) atoms. The molecule has 11 heteroatoms. The molecule has 4 aromatic heterocycles. The number of nitrogens with zero attached hydrogens (tertiary/aromatic N) is 2. The van der Waals surface area contributed by atoms with Gasteiger partial charge in [-0.05, 0) is 134 Å². The van der Waals surface area contributed by atoms with Crippen LogP contribution in [0.3, 0.4) is 0 Å². The van der Waals surface area contributed by atoms with Crippen molar-refractivity contribution in [2.24, 2.45) is 0 Å². The topological polar surface area (TPSA) is 150 Å². The van der Waals surface area contributed by atoms with Crippen molar-refractivity contribution < 1.29 is 9.59 Å². The van der Waals surface area contributed by atoms with Gasteiger partial charge in [-0.3, -0.25) is 19.2 Å². The summed E-state index contributed by atoms with van der Waals surface area (Å²) in [6.07, 6.45) is 8.39. The summed E-state index contributed by atoms with van der Waals surface area (Å²) in [5.41, 5.74) is 10.2. The Hall–Kier alpha value is -7.61. The molecule has 0 aliphatic heterocycles. The number of halogens is 1. The zero-order valence-electron chi connectivity index (χ0n) is 33.7.